The fourth-order valence-corrected chi connectivity index (χ4v) is 1.80. The van der Waals surface area contributed by atoms with Crippen LogP contribution in [0.15, 0.2) is 21.6 Å². The molecule has 0 spiro atoms. The van der Waals surface area contributed by atoms with Crippen molar-refractivity contribution < 1.29 is 17.9 Å². The Kier molecular flexibility index (Phi) is 4.43. The number of alkyl halides is 3. The summed E-state index contributed by atoms with van der Waals surface area (Å²) >= 11 is 8.29. The Balaban J connectivity index is 3.24. The summed E-state index contributed by atoms with van der Waals surface area (Å²) in [5, 5.41) is -1.41. The molecule has 0 aliphatic heterocycles. The number of halogens is 5. The molecule has 0 aliphatic rings. The largest absolute Gasteiger partial charge is 0.495 e. The smallest absolute Gasteiger partial charge is 0.444 e. The molecule has 1 aromatic rings. The first-order valence-corrected chi connectivity index (χ1v) is 5.58. The van der Waals surface area contributed by atoms with Gasteiger partial charge in [0.1, 0.15) is 5.75 Å². The minimum absolute atomic E-state index is 0.118. The van der Waals surface area contributed by atoms with Gasteiger partial charge in [-0.2, -0.15) is 13.2 Å². The molecule has 0 N–H and O–H groups in total. The molecule has 1 rings (SSSR count). The van der Waals surface area contributed by atoms with Gasteiger partial charge in [0.2, 0.25) is 5.17 Å². The van der Waals surface area contributed by atoms with Crippen molar-refractivity contribution in [2.45, 2.75) is 13.1 Å². The molecule has 0 unspecified atom stereocenters. The maximum absolute atomic E-state index is 12.2. The Morgan fingerprint density at radius 3 is 2.47 bits per heavy atom. The van der Waals surface area contributed by atoms with Crippen LogP contribution in [-0.2, 0) is 0 Å². The van der Waals surface area contributed by atoms with Crippen molar-refractivity contribution in [1.29, 1.82) is 0 Å². The topological polar surface area (TPSA) is 21.6 Å². The zero-order valence-corrected chi connectivity index (χ0v) is 11.2. The van der Waals surface area contributed by atoms with Crippen LogP contribution in [0.5, 0.6) is 5.75 Å². The third-order valence-electron chi connectivity index (χ3n) is 1.92. The summed E-state index contributed by atoms with van der Waals surface area (Å²) in [7, 11) is 1.41. The Hall–Kier alpha value is -0.750. The van der Waals surface area contributed by atoms with Gasteiger partial charge in [0.15, 0.2) is 0 Å². The number of aliphatic imine (C=N–C) groups is 1. The average Bonchev–Trinajstić information content (AvgIpc) is 2.20. The highest BCUT2D eigenvalue weighted by atomic mass is 79.9. The standard InChI is InChI=1S/C10H8BrClF3NO/c1-5-3-6(11)8(17-2)4-7(5)16-9(12)10(13,14)15/h3-4H,1-2H3. The Labute approximate surface area is 110 Å². The van der Waals surface area contributed by atoms with Crippen molar-refractivity contribution in [2.75, 3.05) is 7.11 Å². The van der Waals surface area contributed by atoms with E-state index in [0.29, 0.717) is 15.8 Å². The van der Waals surface area contributed by atoms with Crippen LogP contribution < -0.4 is 4.74 Å². The first-order valence-electron chi connectivity index (χ1n) is 4.41. The molecule has 94 valence electrons. The predicted octanol–water partition coefficient (Wildman–Crippen LogP) is 4.60. The van der Waals surface area contributed by atoms with E-state index in [4.69, 9.17) is 16.3 Å². The second-order valence-corrected chi connectivity index (χ2v) is 4.39. The van der Waals surface area contributed by atoms with Gasteiger partial charge in [-0.3, -0.25) is 0 Å². The van der Waals surface area contributed by atoms with Crippen LogP contribution in [-0.4, -0.2) is 18.5 Å². The Bertz CT molecular complexity index is 460. The van der Waals surface area contributed by atoms with E-state index in [9.17, 15) is 13.2 Å². The molecule has 0 radical (unpaired) electrons. The van der Waals surface area contributed by atoms with Crippen LogP contribution in [0.1, 0.15) is 5.56 Å². The molecule has 0 aromatic heterocycles. The van der Waals surface area contributed by atoms with Gasteiger partial charge in [0, 0.05) is 6.07 Å². The quantitative estimate of drug-likeness (QED) is 0.726. The number of ether oxygens (including phenoxy) is 1. The minimum Gasteiger partial charge on any atom is -0.495 e. The first kappa shape index (κ1) is 14.3. The highest BCUT2D eigenvalue weighted by Gasteiger charge is 2.34. The van der Waals surface area contributed by atoms with E-state index in [1.807, 2.05) is 0 Å². The monoisotopic (exact) mass is 329 g/mol. The maximum atomic E-state index is 12.2. The summed E-state index contributed by atoms with van der Waals surface area (Å²) < 4.78 is 42.3. The molecule has 0 bridgehead atoms. The second-order valence-electron chi connectivity index (χ2n) is 3.17. The molecule has 0 aliphatic carbocycles. The second kappa shape index (κ2) is 5.27. The predicted molar refractivity (Wildman–Crippen MR) is 64.4 cm³/mol. The lowest BCUT2D eigenvalue weighted by Gasteiger charge is -2.08. The van der Waals surface area contributed by atoms with Gasteiger partial charge < -0.3 is 4.74 Å². The van der Waals surface area contributed by atoms with Crippen LogP contribution in [0, 0.1) is 6.92 Å². The lowest BCUT2D eigenvalue weighted by atomic mass is 10.2. The number of hydrogen-bond acceptors (Lipinski definition) is 2. The fourth-order valence-electron chi connectivity index (χ4n) is 1.09. The van der Waals surface area contributed by atoms with Gasteiger partial charge in [-0.1, -0.05) is 11.6 Å². The molecule has 17 heavy (non-hydrogen) atoms. The number of hydrogen-bond donors (Lipinski definition) is 0. The molecule has 0 heterocycles. The summed E-state index contributed by atoms with van der Waals surface area (Å²) in [5.41, 5.74) is 0.674. The molecule has 0 amide bonds. The van der Waals surface area contributed by atoms with Crippen LogP contribution in [0.3, 0.4) is 0 Å². The highest BCUT2D eigenvalue weighted by molar-refractivity contribution is 9.10. The normalized spacial score (nSPS) is 12.8. The van der Waals surface area contributed by atoms with Gasteiger partial charge in [0.05, 0.1) is 17.3 Å². The van der Waals surface area contributed by atoms with Gasteiger partial charge in [-0.15, -0.1) is 0 Å². The van der Waals surface area contributed by atoms with Crippen LogP contribution in [0.25, 0.3) is 0 Å². The summed E-state index contributed by atoms with van der Waals surface area (Å²) in [6, 6.07) is 2.99. The van der Waals surface area contributed by atoms with Gasteiger partial charge in [-0.05, 0) is 34.5 Å². The SMILES string of the molecule is COc1cc(N=C(Cl)C(F)(F)F)c(C)cc1Br. The van der Waals surface area contributed by atoms with Crippen molar-refractivity contribution >= 4 is 38.4 Å². The van der Waals surface area contributed by atoms with Crippen LogP contribution in [0.4, 0.5) is 18.9 Å². The van der Waals surface area contributed by atoms with Crippen molar-refractivity contribution in [2.24, 2.45) is 4.99 Å². The number of nitrogens with zero attached hydrogens (tertiary/aromatic N) is 1. The summed E-state index contributed by atoms with van der Waals surface area (Å²) in [5.74, 6) is 0.390. The molecule has 1 aromatic carbocycles. The van der Waals surface area contributed by atoms with Gasteiger partial charge >= 0.3 is 6.18 Å². The van der Waals surface area contributed by atoms with E-state index >= 15 is 0 Å². The third-order valence-corrected chi connectivity index (χ3v) is 2.84. The number of benzene rings is 1. The summed E-state index contributed by atoms with van der Waals surface area (Å²) in [4.78, 5) is 3.34. The van der Waals surface area contributed by atoms with E-state index in [2.05, 4.69) is 20.9 Å². The molecule has 0 atom stereocenters. The third kappa shape index (κ3) is 3.61. The van der Waals surface area contributed by atoms with E-state index < -0.39 is 11.3 Å². The average molecular weight is 331 g/mol. The van der Waals surface area contributed by atoms with Gasteiger partial charge in [-0.25, -0.2) is 4.99 Å². The zero-order valence-electron chi connectivity index (χ0n) is 8.90. The fraction of sp³-hybridized carbons (Fsp3) is 0.300. The van der Waals surface area contributed by atoms with Crippen molar-refractivity contribution in [3.05, 3.63) is 22.2 Å². The molecule has 7 heteroatoms. The lowest BCUT2D eigenvalue weighted by molar-refractivity contribution is -0.0558. The van der Waals surface area contributed by atoms with Crippen molar-refractivity contribution in [3.8, 4) is 5.75 Å². The molecule has 2 nitrogen and oxygen atoms in total. The zero-order chi connectivity index (χ0) is 13.2. The molecule has 0 saturated carbocycles. The summed E-state index contributed by atoms with van der Waals surface area (Å²) in [6.45, 7) is 1.63. The minimum atomic E-state index is -4.64. The van der Waals surface area contributed by atoms with Crippen LogP contribution >= 0.6 is 27.5 Å². The van der Waals surface area contributed by atoms with E-state index in [1.54, 1.807) is 13.0 Å². The first-order chi connectivity index (χ1) is 7.75. The molecule has 0 saturated heterocycles. The number of rotatable bonds is 2. The number of methoxy groups -OCH3 is 1. The highest BCUT2D eigenvalue weighted by Crippen LogP contribution is 2.34. The molecule has 0 fully saturated rings. The molecular formula is C10H8BrClF3NO. The Morgan fingerprint density at radius 2 is 2.00 bits per heavy atom. The van der Waals surface area contributed by atoms with E-state index in [0.717, 1.165) is 0 Å². The van der Waals surface area contributed by atoms with E-state index in [-0.39, 0.29) is 5.69 Å². The van der Waals surface area contributed by atoms with Gasteiger partial charge in [0.25, 0.3) is 0 Å². The van der Waals surface area contributed by atoms with Crippen LogP contribution in [0.2, 0.25) is 0 Å². The lowest BCUT2D eigenvalue weighted by Crippen LogP contribution is -2.16. The maximum Gasteiger partial charge on any atom is 0.444 e. The molecular weight excluding hydrogens is 322 g/mol. The summed E-state index contributed by atoms with van der Waals surface area (Å²) in [6.07, 6.45) is -4.64. The number of aryl methyl sites for hydroxylation is 1. The Morgan fingerprint density at radius 1 is 1.41 bits per heavy atom. The van der Waals surface area contributed by atoms with Crippen molar-refractivity contribution in [3.63, 3.8) is 0 Å². The van der Waals surface area contributed by atoms with Crippen molar-refractivity contribution in [1.82, 2.24) is 0 Å². The van der Waals surface area contributed by atoms with E-state index in [1.165, 1.54) is 13.2 Å².